The zero-order valence-electron chi connectivity index (χ0n) is 13.7. The summed E-state index contributed by atoms with van der Waals surface area (Å²) in [6.07, 6.45) is 1.36. The molecule has 0 saturated carbocycles. The van der Waals surface area contributed by atoms with E-state index in [0.29, 0.717) is 11.4 Å². The lowest BCUT2D eigenvalue weighted by molar-refractivity contribution is 0.0992. The number of benzene rings is 2. The van der Waals surface area contributed by atoms with Gasteiger partial charge in [-0.25, -0.2) is 4.98 Å². The highest BCUT2D eigenvalue weighted by atomic mass is 16.5. The number of nitrogens with zero attached hydrogens (tertiary/aromatic N) is 2. The molecule has 0 saturated heterocycles. The molecule has 5 heteroatoms. The van der Waals surface area contributed by atoms with E-state index in [2.05, 4.69) is 10.3 Å². The highest BCUT2D eigenvalue weighted by Crippen LogP contribution is 2.37. The molecule has 3 aromatic rings. The van der Waals surface area contributed by atoms with E-state index in [1.807, 2.05) is 66.7 Å². The zero-order chi connectivity index (χ0) is 17.2. The van der Waals surface area contributed by atoms with E-state index in [-0.39, 0.29) is 12.1 Å². The molecular formula is C20H17N3O2. The van der Waals surface area contributed by atoms with Crippen LogP contribution in [-0.2, 0) is 0 Å². The summed E-state index contributed by atoms with van der Waals surface area (Å²) in [7, 11) is 1.63. The second-order valence-electron chi connectivity index (χ2n) is 5.73. The lowest BCUT2D eigenvalue weighted by Gasteiger charge is -2.26. The van der Waals surface area contributed by atoms with Crippen LogP contribution in [0.5, 0.6) is 5.75 Å². The molecule has 0 spiro atoms. The highest BCUT2D eigenvalue weighted by Gasteiger charge is 2.38. The maximum atomic E-state index is 12.9. The van der Waals surface area contributed by atoms with Crippen molar-refractivity contribution in [2.75, 3.05) is 17.3 Å². The number of methoxy groups -OCH3 is 1. The summed E-state index contributed by atoms with van der Waals surface area (Å²) in [6, 6.07) is 20.8. The summed E-state index contributed by atoms with van der Waals surface area (Å²) >= 11 is 0. The van der Waals surface area contributed by atoms with Gasteiger partial charge < -0.3 is 10.1 Å². The van der Waals surface area contributed by atoms with Crippen LogP contribution in [-0.4, -0.2) is 18.0 Å². The molecular weight excluding hydrogens is 314 g/mol. The third-order valence-corrected chi connectivity index (χ3v) is 4.23. The van der Waals surface area contributed by atoms with E-state index in [0.717, 1.165) is 17.0 Å². The van der Waals surface area contributed by atoms with Gasteiger partial charge >= 0.3 is 0 Å². The van der Waals surface area contributed by atoms with E-state index in [1.165, 1.54) is 0 Å². The van der Waals surface area contributed by atoms with Crippen LogP contribution in [0.15, 0.2) is 72.9 Å². The molecule has 1 amide bonds. The smallest absolute Gasteiger partial charge is 0.261 e. The fourth-order valence-electron chi connectivity index (χ4n) is 3.06. The Morgan fingerprint density at radius 2 is 1.88 bits per heavy atom. The van der Waals surface area contributed by atoms with Gasteiger partial charge in [0.05, 0.1) is 7.11 Å². The third kappa shape index (κ3) is 2.70. The number of hydrogen-bond acceptors (Lipinski definition) is 4. The number of carbonyl (C=O) groups is 1. The van der Waals surface area contributed by atoms with Gasteiger partial charge in [-0.05, 0) is 30.3 Å². The molecule has 124 valence electrons. The summed E-state index contributed by atoms with van der Waals surface area (Å²) in [5.74, 6) is 1.31. The molecule has 0 aliphatic carbocycles. The summed E-state index contributed by atoms with van der Waals surface area (Å²) in [4.78, 5) is 19.0. The van der Waals surface area contributed by atoms with E-state index >= 15 is 0 Å². The Morgan fingerprint density at radius 1 is 1.04 bits per heavy atom. The van der Waals surface area contributed by atoms with Gasteiger partial charge in [0.1, 0.15) is 17.7 Å². The molecule has 1 aliphatic rings. The summed E-state index contributed by atoms with van der Waals surface area (Å²) in [5, 5.41) is 3.44. The molecule has 5 nitrogen and oxygen atoms in total. The molecule has 1 N–H and O–H groups in total. The topological polar surface area (TPSA) is 54.5 Å². The fourth-order valence-corrected chi connectivity index (χ4v) is 3.06. The maximum absolute atomic E-state index is 12.9. The summed E-state index contributed by atoms with van der Waals surface area (Å²) in [6.45, 7) is 0. The number of rotatable bonds is 4. The number of anilines is 2. The Kier molecular flexibility index (Phi) is 3.82. The molecule has 2 heterocycles. The maximum Gasteiger partial charge on any atom is 0.261 e. The molecule has 0 radical (unpaired) electrons. The average molecular weight is 331 g/mol. The lowest BCUT2D eigenvalue weighted by Crippen LogP contribution is -2.32. The largest absolute Gasteiger partial charge is 0.497 e. The highest BCUT2D eigenvalue weighted by molar-refractivity contribution is 6.10. The van der Waals surface area contributed by atoms with Crippen LogP contribution < -0.4 is 15.0 Å². The first-order valence-electron chi connectivity index (χ1n) is 8.02. The van der Waals surface area contributed by atoms with Crippen molar-refractivity contribution in [2.45, 2.75) is 6.17 Å². The number of fused-ring (bicyclic) bond motifs is 1. The Bertz CT molecular complexity index is 912. The Balaban J connectivity index is 1.77. The first-order chi connectivity index (χ1) is 12.3. The van der Waals surface area contributed by atoms with Crippen LogP contribution in [0.1, 0.15) is 22.1 Å². The van der Waals surface area contributed by atoms with Crippen LogP contribution >= 0.6 is 0 Å². The minimum Gasteiger partial charge on any atom is -0.497 e. The molecule has 2 aromatic carbocycles. The molecule has 0 bridgehead atoms. The molecule has 0 fully saturated rings. The Hall–Kier alpha value is -3.34. The van der Waals surface area contributed by atoms with Crippen molar-refractivity contribution in [1.82, 2.24) is 4.98 Å². The number of amides is 1. The summed E-state index contributed by atoms with van der Waals surface area (Å²) < 4.78 is 5.29. The zero-order valence-corrected chi connectivity index (χ0v) is 13.7. The number of ether oxygens (including phenoxy) is 1. The van der Waals surface area contributed by atoms with Crippen molar-refractivity contribution < 1.29 is 9.53 Å². The number of nitrogens with one attached hydrogen (secondary N) is 1. The van der Waals surface area contributed by atoms with Crippen LogP contribution in [0.4, 0.5) is 11.5 Å². The van der Waals surface area contributed by atoms with Crippen LogP contribution in [0, 0.1) is 0 Å². The number of carbonyl (C=O) groups excluding carboxylic acids is 1. The van der Waals surface area contributed by atoms with E-state index in [9.17, 15) is 4.79 Å². The minimum atomic E-state index is -0.328. The van der Waals surface area contributed by atoms with Crippen LogP contribution in [0.3, 0.4) is 0 Å². The quantitative estimate of drug-likeness (QED) is 0.789. The fraction of sp³-hybridized carbons (Fsp3) is 0.100. The van der Waals surface area contributed by atoms with Gasteiger partial charge in [0, 0.05) is 29.1 Å². The van der Waals surface area contributed by atoms with E-state index < -0.39 is 0 Å². The van der Waals surface area contributed by atoms with Crippen molar-refractivity contribution >= 4 is 17.4 Å². The average Bonchev–Trinajstić information content (AvgIpc) is 2.95. The van der Waals surface area contributed by atoms with Crippen molar-refractivity contribution in [2.24, 2.45) is 0 Å². The first kappa shape index (κ1) is 15.2. The van der Waals surface area contributed by atoms with Crippen LogP contribution in [0.2, 0.25) is 0 Å². The van der Waals surface area contributed by atoms with Crippen LogP contribution in [0.25, 0.3) is 0 Å². The SMILES string of the molecule is COc1cccc(N[C@@H]2c3ccccc3C(=O)N2c2ccccn2)c1. The minimum absolute atomic E-state index is 0.0605. The predicted octanol–water partition coefficient (Wildman–Crippen LogP) is 3.86. The number of pyridine rings is 1. The van der Waals surface area contributed by atoms with Gasteiger partial charge in [-0.15, -0.1) is 0 Å². The molecule has 1 aromatic heterocycles. The third-order valence-electron chi connectivity index (χ3n) is 4.23. The van der Waals surface area contributed by atoms with Gasteiger partial charge in [-0.1, -0.05) is 30.3 Å². The van der Waals surface area contributed by atoms with Gasteiger partial charge in [-0.2, -0.15) is 0 Å². The Labute approximate surface area is 145 Å². The standard InChI is InChI=1S/C20H17N3O2/c1-25-15-8-6-7-14(13-15)22-19-16-9-2-3-10-17(16)20(24)23(19)18-11-4-5-12-21-18/h2-13,19,22H,1H3/t19-/m0/s1. The second kappa shape index (κ2) is 6.28. The summed E-state index contributed by atoms with van der Waals surface area (Å²) in [5.41, 5.74) is 2.49. The van der Waals surface area contributed by atoms with Crippen molar-refractivity contribution in [3.05, 3.63) is 84.1 Å². The van der Waals surface area contributed by atoms with Gasteiger partial charge in [0.25, 0.3) is 5.91 Å². The second-order valence-corrected chi connectivity index (χ2v) is 5.73. The Morgan fingerprint density at radius 3 is 2.68 bits per heavy atom. The van der Waals surface area contributed by atoms with Crippen molar-refractivity contribution in [3.8, 4) is 5.75 Å². The van der Waals surface area contributed by atoms with Gasteiger partial charge in [-0.3, -0.25) is 9.69 Å². The monoisotopic (exact) mass is 331 g/mol. The predicted molar refractivity (Wildman–Crippen MR) is 96.8 cm³/mol. The molecule has 1 aliphatic heterocycles. The van der Waals surface area contributed by atoms with Gasteiger partial charge in [0.2, 0.25) is 0 Å². The van der Waals surface area contributed by atoms with Crippen molar-refractivity contribution in [3.63, 3.8) is 0 Å². The number of aromatic nitrogens is 1. The first-order valence-corrected chi connectivity index (χ1v) is 8.02. The normalized spacial score (nSPS) is 15.8. The molecule has 0 unspecified atom stereocenters. The van der Waals surface area contributed by atoms with Gasteiger partial charge in [0.15, 0.2) is 0 Å². The molecule has 1 atom stereocenters. The lowest BCUT2D eigenvalue weighted by atomic mass is 10.1. The molecule has 4 rings (SSSR count). The van der Waals surface area contributed by atoms with E-state index in [1.54, 1.807) is 18.2 Å². The van der Waals surface area contributed by atoms with E-state index in [4.69, 9.17) is 4.74 Å². The van der Waals surface area contributed by atoms with Crippen molar-refractivity contribution in [1.29, 1.82) is 0 Å². The molecule has 25 heavy (non-hydrogen) atoms. The number of hydrogen-bond donors (Lipinski definition) is 1.